The monoisotopic (exact) mass is 300 g/mol. The Bertz CT molecular complexity index is 650. The summed E-state index contributed by atoms with van der Waals surface area (Å²) in [7, 11) is 3.16. The van der Waals surface area contributed by atoms with Gasteiger partial charge in [-0.05, 0) is 24.1 Å². The molecule has 116 valence electrons. The maximum absolute atomic E-state index is 10.1. The minimum atomic E-state index is 0.156. The van der Waals surface area contributed by atoms with Gasteiger partial charge in [0, 0.05) is 24.3 Å². The first kappa shape index (κ1) is 15.9. The molecule has 0 aliphatic heterocycles. The van der Waals surface area contributed by atoms with Crippen molar-refractivity contribution in [2.45, 2.75) is 6.42 Å². The summed E-state index contributed by atoms with van der Waals surface area (Å²) in [6.07, 6.45) is 2.44. The third-order valence-electron chi connectivity index (χ3n) is 3.27. The summed E-state index contributed by atoms with van der Waals surface area (Å²) in [5.74, 6) is 1.51. The van der Waals surface area contributed by atoms with Crippen molar-refractivity contribution in [3.8, 4) is 28.4 Å². The van der Waals surface area contributed by atoms with E-state index < -0.39 is 0 Å². The summed E-state index contributed by atoms with van der Waals surface area (Å²) < 4.78 is 16.0. The molecule has 2 aromatic rings. The molecule has 2 aromatic carbocycles. The van der Waals surface area contributed by atoms with Gasteiger partial charge in [-0.3, -0.25) is 0 Å². The number of methoxy groups -OCH3 is 2. The van der Waals surface area contributed by atoms with Crippen LogP contribution in [0.25, 0.3) is 11.1 Å². The van der Waals surface area contributed by atoms with E-state index in [1.165, 1.54) is 0 Å². The number of hydrogen-bond acceptors (Lipinski definition) is 4. The zero-order chi connectivity index (χ0) is 15.9. The van der Waals surface area contributed by atoms with E-state index in [2.05, 4.69) is 6.58 Å². The fraction of sp³-hybridized carbons (Fsp3) is 0.222. The Morgan fingerprint density at radius 2 is 1.86 bits per heavy atom. The first-order chi connectivity index (χ1) is 10.7. The first-order valence-electron chi connectivity index (χ1n) is 6.93. The fourth-order valence-electron chi connectivity index (χ4n) is 2.26. The van der Waals surface area contributed by atoms with Crippen LogP contribution < -0.4 is 9.47 Å². The molecule has 0 unspecified atom stereocenters. The van der Waals surface area contributed by atoms with E-state index >= 15 is 0 Å². The van der Waals surface area contributed by atoms with Gasteiger partial charge in [-0.1, -0.05) is 24.3 Å². The highest BCUT2D eigenvalue weighted by Gasteiger charge is 2.15. The van der Waals surface area contributed by atoms with Crippen molar-refractivity contribution in [1.29, 1.82) is 0 Å². The molecule has 4 nitrogen and oxygen atoms in total. The average molecular weight is 300 g/mol. The molecule has 0 fully saturated rings. The van der Waals surface area contributed by atoms with Crippen LogP contribution in [0.3, 0.4) is 0 Å². The zero-order valence-electron chi connectivity index (χ0n) is 12.8. The Balaban J connectivity index is 2.56. The van der Waals surface area contributed by atoms with E-state index in [1.807, 2.05) is 18.2 Å². The van der Waals surface area contributed by atoms with Crippen LogP contribution in [-0.4, -0.2) is 26.1 Å². The van der Waals surface area contributed by atoms with Gasteiger partial charge in [-0.15, -0.1) is 6.58 Å². The summed E-state index contributed by atoms with van der Waals surface area (Å²) in [5, 5.41) is 10.1. The van der Waals surface area contributed by atoms with Gasteiger partial charge >= 0.3 is 0 Å². The van der Waals surface area contributed by atoms with Gasteiger partial charge in [-0.2, -0.15) is 0 Å². The molecule has 0 atom stereocenters. The van der Waals surface area contributed by atoms with E-state index in [0.29, 0.717) is 23.5 Å². The molecule has 0 radical (unpaired) electrons. The summed E-state index contributed by atoms with van der Waals surface area (Å²) in [4.78, 5) is 0. The number of phenolic OH excluding ortho intramolecular Hbond substituents is 1. The first-order valence-corrected chi connectivity index (χ1v) is 6.93. The van der Waals surface area contributed by atoms with Gasteiger partial charge in [0.05, 0.1) is 7.11 Å². The SMILES string of the molecule is C=CCc1cc(-c2ccccc2O)c(OC)cc1OCOC. The number of aromatic hydroxyl groups is 1. The standard InChI is InChI=1S/C18H20O4/c1-4-7-13-10-15(14-8-5-6-9-16(14)19)18(21-3)11-17(13)22-12-20-2/h4-6,8-11,19H,1,7,12H2,2-3H3. The summed E-state index contributed by atoms with van der Waals surface area (Å²) in [6, 6.07) is 10.9. The van der Waals surface area contributed by atoms with Crippen molar-refractivity contribution in [2.75, 3.05) is 21.0 Å². The van der Waals surface area contributed by atoms with Crippen molar-refractivity contribution in [2.24, 2.45) is 0 Å². The average Bonchev–Trinajstić information content (AvgIpc) is 2.54. The van der Waals surface area contributed by atoms with Crippen molar-refractivity contribution in [3.63, 3.8) is 0 Å². The molecule has 0 heterocycles. The van der Waals surface area contributed by atoms with Crippen LogP contribution in [0.2, 0.25) is 0 Å². The largest absolute Gasteiger partial charge is 0.507 e. The van der Waals surface area contributed by atoms with E-state index in [0.717, 1.165) is 11.1 Å². The third-order valence-corrected chi connectivity index (χ3v) is 3.27. The maximum Gasteiger partial charge on any atom is 0.188 e. The van der Waals surface area contributed by atoms with Gasteiger partial charge in [0.25, 0.3) is 0 Å². The molecule has 0 saturated carbocycles. The fourth-order valence-corrected chi connectivity index (χ4v) is 2.26. The second-order valence-electron chi connectivity index (χ2n) is 4.72. The molecule has 0 aliphatic rings. The molecule has 0 bridgehead atoms. The maximum atomic E-state index is 10.1. The molecular formula is C18H20O4. The lowest BCUT2D eigenvalue weighted by Crippen LogP contribution is -2.03. The molecule has 22 heavy (non-hydrogen) atoms. The summed E-state index contributed by atoms with van der Waals surface area (Å²) in [6.45, 7) is 3.93. The van der Waals surface area contributed by atoms with Crippen LogP contribution in [0.5, 0.6) is 17.2 Å². The Morgan fingerprint density at radius 1 is 1.09 bits per heavy atom. The molecule has 0 spiro atoms. The van der Waals surface area contributed by atoms with Crippen molar-refractivity contribution < 1.29 is 19.3 Å². The predicted molar refractivity (Wildman–Crippen MR) is 86.5 cm³/mol. The quantitative estimate of drug-likeness (QED) is 0.624. The zero-order valence-corrected chi connectivity index (χ0v) is 12.8. The Hall–Kier alpha value is -2.46. The second kappa shape index (κ2) is 7.52. The van der Waals surface area contributed by atoms with Crippen molar-refractivity contribution in [1.82, 2.24) is 0 Å². The molecule has 2 rings (SSSR count). The summed E-state index contributed by atoms with van der Waals surface area (Å²) in [5.41, 5.74) is 2.47. The number of benzene rings is 2. The summed E-state index contributed by atoms with van der Waals surface area (Å²) >= 11 is 0. The van der Waals surface area contributed by atoms with E-state index in [1.54, 1.807) is 38.5 Å². The minimum Gasteiger partial charge on any atom is -0.507 e. The highest BCUT2D eigenvalue weighted by atomic mass is 16.7. The Kier molecular flexibility index (Phi) is 5.44. The smallest absolute Gasteiger partial charge is 0.188 e. The van der Waals surface area contributed by atoms with Crippen molar-refractivity contribution in [3.05, 3.63) is 54.6 Å². The minimum absolute atomic E-state index is 0.156. The van der Waals surface area contributed by atoms with E-state index in [9.17, 15) is 5.11 Å². The molecular weight excluding hydrogens is 280 g/mol. The molecule has 0 aliphatic carbocycles. The topological polar surface area (TPSA) is 47.9 Å². The lowest BCUT2D eigenvalue weighted by Gasteiger charge is -2.16. The van der Waals surface area contributed by atoms with Crippen LogP contribution >= 0.6 is 0 Å². The number of ether oxygens (including phenoxy) is 3. The van der Waals surface area contributed by atoms with Crippen LogP contribution in [0.15, 0.2) is 49.1 Å². The molecule has 0 aromatic heterocycles. The molecule has 4 heteroatoms. The third kappa shape index (κ3) is 3.40. The Morgan fingerprint density at radius 3 is 2.50 bits per heavy atom. The number of allylic oxidation sites excluding steroid dienone is 1. The van der Waals surface area contributed by atoms with Crippen LogP contribution in [0.4, 0.5) is 0 Å². The van der Waals surface area contributed by atoms with Crippen LogP contribution in [0.1, 0.15) is 5.56 Å². The second-order valence-corrected chi connectivity index (χ2v) is 4.72. The van der Waals surface area contributed by atoms with E-state index in [-0.39, 0.29) is 12.5 Å². The van der Waals surface area contributed by atoms with Gasteiger partial charge in [0.15, 0.2) is 6.79 Å². The highest BCUT2D eigenvalue weighted by Crippen LogP contribution is 2.40. The van der Waals surface area contributed by atoms with Crippen LogP contribution in [-0.2, 0) is 11.2 Å². The van der Waals surface area contributed by atoms with Crippen molar-refractivity contribution >= 4 is 0 Å². The van der Waals surface area contributed by atoms with Gasteiger partial charge in [-0.25, -0.2) is 0 Å². The van der Waals surface area contributed by atoms with Gasteiger partial charge < -0.3 is 19.3 Å². The predicted octanol–water partition coefficient (Wildman–Crippen LogP) is 3.78. The molecule has 1 N–H and O–H groups in total. The number of hydrogen-bond donors (Lipinski definition) is 1. The number of para-hydroxylation sites is 1. The van der Waals surface area contributed by atoms with Gasteiger partial charge in [0.1, 0.15) is 17.2 Å². The lowest BCUT2D eigenvalue weighted by molar-refractivity contribution is 0.0504. The van der Waals surface area contributed by atoms with Gasteiger partial charge in [0.2, 0.25) is 0 Å². The number of rotatable bonds is 7. The normalized spacial score (nSPS) is 10.3. The lowest BCUT2D eigenvalue weighted by atomic mass is 9.99. The molecule has 0 amide bonds. The van der Waals surface area contributed by atoms with E-state index in [4.69, 9.17) is 14.2 Å². The van der Waals surface area contributed by atoms with Crippen LogP contribution in [0, 0.1) is 0 Å². The molecule has 0 saturated heterocycles. The Labute approximate surface area is 130 Å². The number of phenols is 1. The highest BCUT2D eigenvalue weighted by molar-refractivity contribution is 5.77.